The minimum atomic E-state index is -0.947. The fourth-order valence-electron chi connectivity index (χ4n) is 5.40. The van der Waals surface area contributed by atoms with E-state index in [1.165, 1.54) is 10.0 Å². The number of nitrogens with zero attached hydrogens (tertiary/aromatic N) is 3. The van der Waals surface area contributed by atoms with Gasteiger partial charge in [-0.05, 0) is 62.1 Å². The Bertz CT molecular complexity index is 1350. The third kappa shape index (κ3) is 7.10. The van der Waals surface area contributed by atoms with Crippen LogP contribution in [0.2, 0.25) is 10.0 Å². The van der Waals surface area contributed by atoms with Crippen molar-refractivity contribution in [1.29, 1.82) is 0 Å². The zero-order valence-electron chi connectivity index (χ0n) is 23.7. The van der Waals surface area contributed by atoms with E-state index < -0.39 is 23.8 Å². The number of Topliss-reactive ketones (excluding diaryl/α,β-unsaturated/α-hetero) is 1. The van der Waals surface area contributed by atoms with Gasteiger partial charge < -0.3 is 5.11 Å². The molecule has 11 heteroatoms. The van der Waals surface area contributed by atoms with E-state index in [2.05, 4.69) is 10.5 Å². The first-order chi connectivity index (χ1) is 20.3. The number of aliphatic hydroxyl groups is 1. The van der Waals surface area contributed by atoms with Crippen molar-refractivity contribution < 1.29 is 24.3 Å². The van der Waals surface area contributed by atoms with Crippen LogP contribution in [0.4, 0.5) is 0 Å². The Hall–Kier alpha value is -3.08. The summed E-state index contributed by atoms with van der Waals surface area (Å²) in [6.07, 6.45) is 7.25. The van der Waals surface area contributed by atoms with Gasteiger partial charge in [-0.25, -0.2) is 5.01 Å². The monoisotopic (exact) mass is 614 g/mol. The maximum Gasteiger partial charge on any atom is 0.273 e. The fourth-order valence-corrected chi connectivity index (χ4v) is 5.92. The quantitative estimate of drug-likeness (QED) is 0.211. The van der Waals surface area contributed by atoms with E-state index >= 15 is 0 Å². The molecule has 0 radical (unpaired) electrons. The number of aliphatic imine (C=N–C) groups is 1. The molecule has 2 heterocycles. The number of allylic oxidation sites excluding steroid dienone is 2. The molecule has 2 amide bonds. The smallest absolute Gasteiger partial charge is 0.273 e. The van der Waals surface area contributed by atoms with Gasteiger partial charge in [0.05, 0.1) is 43.7 Å². The molecule has 0 saturated carbocycles. The van der Waals surface area contributed by atoms with Crippen LogP contribution in [0.3, 0.4) is 0 Å². The van der Waals surface area contributed by atoms with Gasteiger partial charge in [0.2, 0.25) is 5.91 Å². The molecule has 2 N–H and O–H groups in total. The summed E-state index contributed by atoms with van der Waals surface area (Å²) in [6.45, 7) is 3.79. The third-order valence-corrected chi connectivity index (χ3v) is 8.05. The van der Waals surface area contributed by atoms with E-state index in [-0.39, 0.29) is 49.1 Å². The summed E-state index contributed by atoms with van der Waals surface area (Å²) in [5, 5.41) is 13.4. The molecule has 4 atom stereocenters. The number of hydrogen-bond acceptors (Lipinski definition) is 7. The first kappa shape index (κ1) is 31.8. The molecule has 2 aliphatic heterocycles. The average Bonchev–Trinajstić information content (AvgIpc) is 3.16. The fraction of sp³-hybridized carbons (Fsp3) is 0.419. The van der Waals surface area contributed by atoms with Gasteiger partial charge >= 0.3 is 0 Å². The Morgan fingerprint density at radius 1 is 1.19 bits per heavy atom. The lowest BCUT2D eigenvalue weighted by Crippen LogP contribution is -2.57. The normalized spacial score (nSPS) is 22.1. The number of carbonyl (C=O) groups excluding carboxylic acids is 3. The van der Waals surface area contributed by atoms with E-state index in [1.54, 1.807) is 48.7 Å². The van der Waals surface area contributed by atoms with Crippen LogP contribution in [0.25, 0.3) is 0 Å². The van der Waals surface area contributed by atoms with Crippen molar-refractivity contribution >= 4 is 47.0 Å². The van der Waals surface area contributed by atoms with Crippen molar-refractivity contribution in [2.24, 2.45) is 10.9 Å². The van der Waals surface area contributed by atoms with Crippen LogP contribution in [0.1, 0.15) is 66.6 Å². The SMILES string of the molecule is C/C=C\C=NC(C)CONCC(=O)C1c2ccccc2C(=O)N(N2CCCCC(CO)C2=O)C1c1ccc(Cl)cc1Cl. The predicted octanol–water partition coefficient (Wildman–Crippen LogP) is 4.94. The molecule has 0 aromatic heterocycles. The van der Waals surface area contributed by atoms with Gasteiger partial charge in [-0.15, -0.1) is 0 Å². The first-order valence-corrected chi connectivity index (χ1v) is 14.8. The molecular formula is C31H36Cl2N4O5. The summed E-state index contributed by atoms with van der Waals surface area (Å²) in [5.74, 6) is -2.59. The highest BCUT2D eigenvalue weighted by atomic mass is 35.5. The van der Waals surface area contributed by atoms with E-state index in [9.17, 15) is 19.5 Å². The second-order valence-electron chi connectivity index (χ2n) is 10.4. The molecule has 2 aromatic rings. The van der Waals surface area contributed by atoms with Gasteiger partial charge in [0, 0.05) is 28.4 Å². The predicted molar refractivity (Wildman–Crippen MR) is 162 cm³/mol. The number of hydroxylamine groups is 1. The third-order valence-electron chi connectivity index (χ3n) is 7.49. The van der Waals surface area contributed by atoms with Gasteiger partial charge in [-0.2, -0.15) is 5.48 Å². The molecule has 1 fully saturated rings. The maximum absolute atomic E-state index is 14.2. The number of amides is 2. The highest BCUT2D eigenvalue weighted by Gasteiger charge is 2.48. The van der Waals surface area contributed by atoms with Crippen LogP contribution in [0, 0.1) is 5.92 Å². The lowest BCUT2D eigenvalue weighted by molar-refractivity contribution is -0.156. The van der Waals surface area contributed by atoms with Gasteiger partial charge in [0.15, 0.2) is 5.78 Å². The largest absolute Gasteiger partial charge is 0.396 e. The lowest BCUT2D eigenvalue weighted by atomic mass is 9.78. The second kappa shape index (κ2) is 14.9. The van der Waals surface area contributed by atoms with Crippen LogP contribution < -0.4 is 5.48 Å². The highest BCUT2D eigenvalue weighted by Crippen LogP contribution is 2.46. The molecule has 4 rings (SSSR count). The number of ketones is 1. The van der Waals surface area contributed by atoms with Crippen molar-refractivity contribution in [2.75, 3.05) is 26.3 Å². The molecule has 9 nitrogen and oxygen atoms in total. The van der Waals surface area contributed by atoms with E-state index in [1.807, 2.05) is 26.0 Å². The van der Waals surface area contributed by atoms with E-state index in [0.29, 0.717) is 34.6 Å². The number of nitrogens with one attached hydrogen (secondary N) is 1. The minimum Gasteiger partial charge on any atom is -0.396 e. The van der Waals surface area contributed by atoms with Gasteiger partial charge in [-0.3, -0.25) is 29.2 Å². The Morgan fingerprint density at radius 2 is 1.98 bits per heavy atom. The Kier molecular flexibility index (Phi) is 11.3. The van der Waals surface area contributed by atoms with Crippen LogP contribution in [-0.4, -0.2) is 71.3 Å². The van der Waals surface area contributed by atoms with Crippen molar-refractivity contribution in [3.05, 3.63) is 81.4 Å². The Balaban J connectivity index is 1.73. The van der Waals surface area contributed by atoms with Gasteiger partial charge in [0.1, 0.15) is 0 Å². The number of benzene rings is 2. The first-order valence-electron chi connectivity index (χ1n) is 14.1. The molecule has 1 saturated heterocycles. The summed E-state index contributed by atoms with van der Waals surface area (Å²) in [6, 6.07) is 10.7. The number of aliphatic hydroxyl groups excluding tert-OH is 1. The second-order valence-corrected chi connectivity index (χ2v) is 11.3. The number of halogens is 2. The van der Waals surface area contributed by atoms with Crippen molar-refractivity contribution in [1.82, 2.24) is 15.5 Å². The van der Waals surface area contributed by atoms with Gasteiger partial charge in [-0.1, -0.05) is 60.0 Å². The summed E-state index contributed by atoms with van der Waals surface area (Å²) < 4.78 is 0. The Labute approximate surface area is 256 Å². The molecule has 0 bridgehead atoms. The summed E-state index contributed by atoms with van der Waals surface area (Å²) in [5.41, 5.74) is 4.09. The number of carbonyl (C=O) groups is 3. The van der Waals surface area contributed by atoms with E-state index in [4.69, 9.17) is 28.0 Å². The Morgan fingerprint density at radius 3 is 2.71 bits per heavy atom. The molecule has 0 spiro atoms. The molecule has 2 aromatic carbocycles. The summed E-state index contributed by atoms with van der Waals surface area (Å²) >= 11 is 12.9. The summed E-state index contributed by atoms with van der Waals surface area (Å²) in [4.78, 5) is 51.8. The molecule has 224 valence electrons. The number of fused-ring (bicyclic) bond motifs is 1. The van der Waals surface area contributed by atoms with Crippen LogP contribution in [0.5, 0.6) is 0 Å². The van der Waals surface area contributed by atoms with E-state index in [0.717, 1.165) is 6.42 Å². The molecule has 0 aliphatic carbocycles. The van der Waals surface area contributed by atoms with Gasteiger partial charge in [0.25, 0.3) is 5.91 Å². The highest BCUT2D eigenvalue weighted by molar-refractivity contribution is 6.35. The molecule has 4 unspecified atom stereocenters. The maximum atomic E-state index is 14.2. The lowest BCUT2D eigenvalue weighted by Gasteiger charge is -2.47. The van der Waals surface area contributed by atoms with Crippen molar-refractivity contribution in [3.8, 4) is 0 Å². The molecule has 42 heavy (non-hydrogen) atoms. The zero-order valence-corrected chi connectivity index (χ0v) is 25.2. The average molecular weight is 616 g/mol. The van der Waals surface area contributed by atoms with Crippen molar-refractivity contribution in [2.45, 2.75) is 51.1 Å². The molecular weight excluding hydrogens is 579 g/mol. The number of rotatable bonds is 11. The topological polar surface area (TPSA) is 112 Å². The zero-order chi connectivity index (χ0) is 30.2. The van der Waals surface area contributed by atoms with Crippen LogP contribution >= 0.6 is 23.2 Å². The van der Waals surface area contributed by atoms with Crippen LogP contribution in [-0.2, 0) is 14.4 Å². The van der Waals surface area contributed by atoms with Crippen molar-refractivity contribution in [3.63, 3.8) is 0 Å². The number of hydrazine groups is 1. The number of hydrogen-bond donors (Lipinski definition) is 2. The molecule has 2 aliphatic rings. The standard InChI is InChI=1S/C31H36Cl2N4O5/c1-3-4-14-34-20(2)19-42-35-17-27(39)28-23-10-5-6-11-24(23)31(41)37(29(28)25-13-12-22(32)16-26(25)33)36-15-8-7-9-21(18-38)30(36)40/h3-6,10-14,16,20-21,28-29,35,38H,7-9,15,17-19H2,1-2H3/b4-3-,34-14?. The van der Waals surface area contributed by atoms with Crippen LogP contribution in [0.15, 0.2) is 59.6 Å². The summed E-state index contributed by atoms with van der Waals surface area (Å²) in [7, 11) is 0. The minimum absolute atomic E-state index is 0.138.